The van der Waals surface area contributed by atoms with Crippen LogP contribution in [-0.4, -0.2) is 14.9 Å². The molecule has 3 heteroatoms. The first kappa shape index (κ1) is 11.9. The van der Waals surface area contributed by atoms with Crippen molar-refractivity contribution in [3.8, 4) is 11.3 Å². The highest BCUT2D eigenvalue weighted by Crippen LogP contribution is 2.24. The Balaban J connectivity index is 2.49. The Morgan fingerprint density at radius 1 is 1.24 bits per heavy atom. The van der Waals surface area contributed by atoms with Gasteiger partial charge in [-0.2, -0.15) is 5.10 Å². The van der Waals surface area contributed by atoms with Crippen molar-refractivity contribution < 1.29 is 5.11 Å². The monoisotopic (exact) mass is 230 g/mol. The second-order valence-electron chi connectivity index (χ2n) is 4.31. The third kappa shape index (κ3) is 2.24. The fourth-order valence-corrected chi connectivity index (χ4v) is 2.09. The van der Waals surface area contributed by atoms with Gasteiger partial charge in [0.1, 0.15) is 0 Å². The van der Waals surface area contributed by atoms with Crippen LogP contribution in [0.25, 0.3) is 11.3 Å². The standard InChI is InChI=1S/C14H18N2O/c1-4-16-12(9-17)8-14(15-16)13-6-5-10(2)7-11(13)3/h5-8,17H,4,9H2,1-3H3. The topological polar surface area (TPSA) is 38.0 Å². The number of aliphatic hydroxyl groups excluding tert-OH is 1. The van der Waals surface area contributed by atoms with Crippen molar-refractivity contribution in [3.63, 3.8) is 0 Å². The van der Waals surface area contributed by atoms with Gasteiger partial charge < -0.3 is 5.11 Å². The zero-order chi connectivity index (χ0) is 12.4. The summed E-state index contributed by atoms with van der Waals surface area (Å²) in [6, 6.07) is 8.29. The van der Waals surface area contributed by atoms with Crippen LogP contribution in [0.15, 0.2) is 24.3 Å². The van der Waals surface area contributed by atoms with Crippen LogP contribution in [0.2, 0.25) is 0 Å². The summed E-state index contributed by atoms with van der Waals surface area (Å²) in [6.07, 6.45) is 0. The molecule has 90 valence electrons. The van der Waals surface area contributed by atoms with Crippen molar-refractivity contribution in [1.29, 1.82) is 0 Å². The van der Waals surface area contributed by atoms with E-state index in [0.717, 1.165) is 23.5 Å². The largest absolute Gasteiger partial charge is 0.390 e. The molecule has 0 bridgehead atoms. The van der Waals surface area contributed by atoms with E-state index in [1.807, 2.05) is 17.7 Å². The molecule has 0 unspecified atom stereocenters. The SMILES string of the molecule is CCn1nc(-c2ccc(C)cc2C)cc1CO. The molecule has 1 aromatic heterocycles. The molecule has 0 radical (unpaired) electrons. The first-order valence-corrected chi connectivity index (χ1v) is 5.91. The third-order valence-electron chi connectivity index (χ3n) is 2.98. The normalized spacial score (nSPS) is 10.8. The second kappa shape index (κ2) is 4.72. The van der Waals surface area contributed by atoms with Crippen molar-refractivity contribution in [2.45, 2.75) is 33.9 Å². The molecule has 1 N–H and O–H groups in total. The predicted molar refractivity (Wildman–Crippen MR) is 68.7 cm³/mol. The van der Waals surface area contributed by atoms with E-state index in [0.29, 0.717) is 0 Å². The molecule has 17 heavy (non-hydrogen) atoms. The van der Waals surface area contributed by atoms with E-state index < -0.39 is 0 Å². The van der Waals surface area contributed by atoms with Crippen LogP contribution in [0.3, 0.4) is 0 Å². The molecule has 0 aliphatic carbocycles. The van der Waals surface area contributed by atoms with Crippen LogP contribution in [-0.2, 0) is 13.2 Å². The van der Waals surface area contributed by atoms with Crippen LogP contribution < -0.4 is 0 Å². The van der Waals surface area contributed by atoms with Gasteiger partial charge in [0, 0.05) is 12.1 Å². The van der Waals surface area contributed by atoms with Gasteiger partial charge >= 0.3 is 0 Å². The summed E-state index contributed by atoms with van der Waals surface area (Å²) >= 11 is 0. The van der Waals surface area contributed by atoms with Crippen LogP contribution in [0.4, 0.5) is 0 Å². The summed E-state index contributed by atoms with van der Waals surface area (Å²) in [4.78, 5) is 0. The molecule has 0 saturated heterocycles. The molecule has 0 atom stereocenters. The summed E-state index contributed by atoms with van der Waals surface area (Å²) < 4.78 is 1.84. The summed E-state index contributed by atoms with van der Waals surface area (Å²) in [5, 5.41) is 13.8. The van der Waals surface area contributed by atoms with Crippen molar-refractivity contribution in [2.75, 3.05) is 0 Å². The lowest BCUT2D eigenvalue weighted by molar-refractivity contribution is 0.268. The summed E-state index contributed by atoms with van der Waals surface area (Å²) in [5.41, 5.74) is 5.41. The summed E-state index contributed by atoms with van der Waals surface area (Å²) in [6.45, 7) is 7.01. The van der Waals surface area contributed by atoms with Gasteiger partial charge in [-0.3, -0.25) is 4.68 Å². The van der Waals surface area contributed by atoms with Crippen molar-refractivity contribution >= 4 is 0 Å². The van der Waals surface area contributed by atoms with Crippen LogP contribution in [0.1, 0.15) is 23.7 Å². The number of aryl methyl sites for hydroxylation is 3. The zero-order valence-corrected chi connectivity index (χ0v) is 10.6. The summed E-state index contributed by atoms with van der Waals surface area (Å²) in [5.74, 6) is 0. The number of aromatic nitrogens is 2. The molecular formula is C14H18N2O. The van der Waals surface area contributed by atoms with Gasteiger partial charge in [0.2, 0.25) is 0 Å². The fourth-order valence-electron chi connectivity index (χ4n) is 2.09. The van der Waals surface area contributed by atoms with Crippen LogP contribution in [0.5, 0.6) is 0 Å². The Hall–Kier alpha value is -1.61. The molecule has 0 saturated carbocycles. The van der Waals surface area contributed by atoms with E-state index in [4.69, 9.17) is 0 Å². The average molecular weight is 230 g/mol. The highest BCUT2D eigenvalue weighted by Gasteiger charge is 2.09. The third-order valence-corrected chi connectivity index (χ3v) is 2.98. The molecule has 0 aliphatic heterocycles. The van der Waals surface area contributed by atoms with Crippen LogP contribution >= 0.6 is 0 Å². The lowest BCUT2D eigenvalue weighted by Crippen LogP contribution is -2.01. The number of hydrogen-bond donors (Lipinski definition) is 1. The molecule has 3 nitrogen and oxygen atoms in total. The Kier molecular flexibility index (Phi) is 3.29. The van der Waals surface area contributed by atoms with Crippen LogP contribution in [0, 0.1) is 13.8 Å². The Labute approximate surface area is 102 Å². The minimum Gasteiger partial charge on any atom is -0.390 e. The van der Waals surface area contributed by atoms with Gasteiger partial charge in [-0.25, -0.2) is 0 Å². The molecule has 2 aromatic rings. The lowest BCUT2D eigenvalue weighted by Gasteiger charge is -2.03. The molecule has 0 aliphatic rings. The van der Waals surface area contributed by atoms with Crippen molar-refractivity contribution in [1.82, 2.24) is 9.78 Å². The lowest BCUT2D eigenvalue weighted by atomic mass is 10.0. The Morgan fingerprint density at radius 3 is 2.53 bits per heavy atom. The van der Waals surface area contributed by atoms with Crippen molar-refractivity contribution in [2.24, 2.45) is 0 Å². The maximum atomic E-state index is 9.26. The van der Waals surface area contributed by atoms with E-state index >= 15 is 0 Å². The highest BCUT2D eigenvalue weighted by molar-refractivity contribution is 5.64. The molecule has 0 fully saturated rings. The maximum Gasteiger partial charge on any atom is 0.0929 e. The molecule has 0 spiro atoms. The molecule has 1 heterocycles. The average Bonchev–Trinajstić information content (AvgIpc) is 2.72. The minimum atomic E-state index is 0.0335. The summed E-state index contributed by atoms with van der Waals surface area (Å²) in [7, 11) is 0. The van der Waals surface area contributed by atoms with Gasteiger partial charge in [-0.05, 0) is 32.4 Å². The molecule has 0 amide bonds. The fraction of sp³-hybridized carbons (Fsp3) is 0.357. The number of rotatable bonds is 3. The Bertz CT molecular complexity index is 508. The van der Waals surface area contributed by atoms with E-state index in [1.54, 1.807) is 0 Å². The second-order valence-corrected chi connectivity index (χ2v) is 4.31. The molecule has 2 rings (SSSR count). The van der Waals surface area contributed by atoms with E-state index in [2.05, 4.69) is 37.1 Å². The van der Waals surface area contributed by atoms with E-state index in [9.17, 15) is 5.11 Å². The van der Waals surface area contributed by atoms with Gasteiger partial charge in [0.05, 0.1) is 18.0 Å². The predicted octanol–water partition coefficient (Wildman–Crippen LogP) is 2.68. The number of hydrogen-bond acceptors (Lipinski definition) is 2. The number of benzene rings is 1. The van der Waals surface area contributed by atoms with E-state index in [1.165, 1.54) is 11.1 Å². The molecule has 1 aromatic carbocycles. The highest BCUT2D eigenvalue weighted by atomic mass is 16.3. The van der Waals surface area contributed by atoms with E-state index in [-0.39, 0.29) is 6.61 Å². The smallest absolute Gasteiger partial charge is 0.0929 e. The quantitative estimate of drug-likeness (QED) is 0.880. The molecular weight excluding hydrogens is 212 g/mol. The zero-order valence-electron chi connectivity index (χ0n) is 10.6. The maximum absolute atomic E-state index is 9.26. The minimum absolute atomic E-state index is 0.0335. The number of nitrogens with zero attached hydrogens (tertiary/aromatic N) is 2. The van der Waals surface area contributed by atoms with Gasteiger partial charge in [-0.15, -0.1) is 0 Å². The number of aliphatic hydroxyl groups is 1. The van der Waals surface area contributed by atoms with Crippen molar-refractivity contribution in [3.05, 3.63) is 41.1 Å². The van der Waals surface area contributed by atoms with Gasteiger partial charge in [0.15, 0.2) is 0 Å². The first-order valence-electron chi connectivity index (χ1n) is 5.91. The Morgan fingerprint density at radius 2 is 2.00 bits per heavy atom. The van der Waals surface area contributed by atoms with Gasteiger partial charge in [0.25, 0.3) is 0 Å². The first-order chi connectivity index (χ1) is 8.15. The van der Waals surface area contributed by atoms with Gasteiger partial charge in [-0.1, -0.05) is 23.8 Å².